The van der Waals surface area contributed by atoms with Gasteiger partial charge in [0.2, 0.25) is 0 Å². The fourth-order valence-corrected chi connectivity index (χ4v) is 5.49. The van der Waals surface area contributed by atoms with E-state index in [-0.39, 0.29) is 5.54 Å². The van der Waals surface area contributed by atoms with Crippen molar-refractivity contribution in [1.29, 1.82) is 0 Å². The first-order valence-corrected chi connectivity index (χ1v) is 10.9. The van der Waals surface area contributed by atoms with E-state index < -0.39 is 0 Å². The molecule has 146 valence electrons. The second kappa shape index (κ2) is 6.70. The van der Waals surface area contributed by atoms with Crippen LogP contribution in [0.5, 0.6) is 0 Å². The van der Waals surface area contributed by atoms with Gasteiger partial charge in [-0.3, -0.25) is 0 Å². The molecule has 0 aliphatic heterocycles. The third-order valence-electron chi connectivity index (χ3n) is 5.30. The van der Waals surface area contributed by atoms with Crippen LogP contribution in [0.2, 0.25) is 0 Å². The summed E-state index contributed by atoms with van der Waals surface area (Å²) in [6.45, 7) is 13.6. The number of benzene rings is 2. The number of para-hydroxylation sites is 2. The van der Waals surface area contributed by atoms with Crippen LogP contribution >= 0.6 is 11.3 Å². The monoisotopic (exact) mass is 392 g/mol. The normalized spacial score (nSPS) is 12.6. The molecule has 4 aromatic rings. The molecule has 0 N–H and O–H groups in total. The zero-order chi connectivity index (χ0) is 20.2. The van der Waals surface area contributed by atoms with E-state index in [4.69, 9.17) is 4.98 Å². The molecule has 2 aromatic carbocycles. The summed E-state index contributed by atoms with van der Waals surface area (Å²) in [6, 6.07) is 13.1. The molecule has 0 spiro atoms. The van der Waals surface area contributed by atoms with Crippen LogP contribution < -0.4 is 4.57 Å². The molecule has 0 amide bonds. The summed E-state index contributed by atoms with van der Waals surface area (Å²) in [4.78, 5) is 4.96. The second-order valence-electron chi connectivity index (χ2n) is 9.19. The van der Waals surface area contributed by atoms with Gasteiger partial charge >= 0.3 is 0 Å². The Kier molecular flexibility index (Phi) is 4.58. The number of thiazole rings is 1. The Balaban J connectivity index is 2.11. The van der Waals surface area contributed by atoms with Gasteiger partial charge in [-0.15, -0.1) is 11.3 Å². The zero-order valence-corrected chi connectivity index (χ0v) is 18.8. The average Bonchev–Trinajstić information content (AvgIpc) is 3.13. The van der Waals surface area contributed by atoms with Gasteiger partial charge in [0.05, 0.1) is 27.8 Å². The molecule has 2 heterocycles. The van der Waals surface area contributed by atoms with Gasteiger partial charge in [0.25, 0.3) is 5.82 Å². The Morgan fingerprint density at radius 2 is 1.82 bits per heavy atom. The van der Waals surface area contributed by atoms with Gasteiger partial charge < -0.3 is 0 Å². The number of hydrogen-bond donors (Lipinski definition) is 0. The van der Waals surface area contributed by atoms with Gasteiger partial charge in [-0.1, -0.05) is 32.0 Å². The van der Waals surface area contributed by atoms with Crippen molar-refractivity contribution in [3.63, 3.8) is 0 Å². The Labute approximate surface area is 171 Å². The molecule has 2 aromatic heterocycles. The summed E-state index contributed by atoms with van der Waals surface area (Å²) in [7, 11) is 2.19. The van der Waals surface area contributed by atoms with Crippen LogP contribution in [0.25, 0.3) is 32.6 Å². The van der Waals surface area contributed by atoms with E-state index in [2.05, 4.69) is 94.1 Å². The Morgan fingerprint density at radius 1 is 1.11 bits per heavy atom. The van der Waals surface area contributed by atoms with Crippen molar-refractivity contribution in [2.24, 2.45) is 13.0 Å². The van der Waals surface area contributed by atoms with Crippen LogP contribution in [0.4, 0.5) is 0 Å². The van der Waals surface area contributed by atoms with E-state index in [9.17, 15) is 0 Å². The molecular weight excluding hydrogens is 362 g/mol. The van der Waals surface area contributed by atoms with Gasteiger partial charge in [0, 0.05) is 6.42 Å². The maximum absolute atomic E-state index is 4.96. The molecule has 28 heavy (non-hydrogen) atoms. The first-order valence-electron chi connectivity index (χ1n) is 10.1. The van der Waals surface area contributed by atoms with Crippen LogP contribution in [0.15, 0.2) is 36.4 Å². The lowest BCUT2D eigenvalue weighted by molar-refractivity contribution is -0.634. The molecule has 0 bridgehead atoms. The summed E-state index contributed by atoms with van der Waals surface area (Å²) in [5, 5.41) is 1.23. The van der Waals surface area contributed by atoms with E-state index in [1.807, 2.05) is 11.3 Å². The Hall–Kier alpha value is -2.20. The van der Waals surface area contributed by atoms with Gasteiger partial charge in [-0.25, -0.2) is 14.1 Å². The molecule has 0 saturated carbocycles. The number of imidazole rings is 1. The van der Waals surface area contributed by atoms with Gasteiger partial charge in [-0.2, -0.15) is 0 Å². The molecule has 0 aliphatic carbocycles. The predicted octanol–water partition coefficient (Wildman–Crippen LogP) is 6.00. The zero-order valence-electron chi connectivity index (χ0n) is 18.0. The molecule has 0 unspecified atom stereocenters. The molecule has 0 atom stereocenters. The van der Waals surface area contributed by atoms with Gasteiger partial charge in [0.1, 0.15) is 5.54 Å². The number of fused-ring (bicyclic) bond motifs is 2. The maximum Gasteiger partial charge on any atom is 0.291 e. The third-order valence-corrected chi connectivity index (χ3v) is 6.41. The minimum Gasteiger partial charge on any atom is -0.241 e. The quantitative estimate of drug-likeness (QED) is 0.392. The highest BCUT2D eigenvalue weighted by molar-refractivity contribution is 7.19. The predicted molar refractivity (Wildman–Crippen MR) is 120 cm³/mol. The summed E-state index contributed by atoms with van der Waals surface area (Å²) < 4.78 is 6.15. The first-order chi connectivity index (χ1) is 13.2. The SMILES string of the molecule is Cc1ccc2nc(CC(C)C)sc2c1-c1n(C(C)(C)C)c2ccccc2[n+]1C. The Bertz CT molecular complexity index is 1170. The number of nitrogens with zero attached hydrogens (tertiary/aromatic N) is 3. The standard InChI is InChI=1S/C24H30N3S/c1-15(2)14-20-25-17-13-12-16(3)21(22(17)28-20)23-26(7)18-10-8-9-11-19(18)27(23)24(4,5)6/h8-13,15H,14H2,1-7H3/q+1. The van der Waals surface area contributed by atoms with Crippen molar-refractivity contribution in [3.8, 4) is 11.4 Å². The van der Waals surface area contributed by atoms with E-state index in [1.54, 1.807) is 0 Å². The minimum atomic E-state index is -0.0315. The summed E-state index contributed by atoms with van der Waals surface area (Å²) >= 11 is 1.86. The largest absolute Gasteiger partial charge is 0.291 e. The number of rotatable bonds is 3. The van der Waals surface area contributed by atoms with E-state index in [0.717, 1.165) is 11.9 Å². The first kappa shape index (κ1) is 19.1. The molecular formula is C24H30N3S+. The summed E-state index contributed by atoms with van der Waals surface area (Å²) in [5.41, 5.74) is 6.24. The lowest BCUT2D eigenvalue weighted by Gasteiger charge is -2.19. The Morgan fingerprint density at radius 3 is 2.50 bits per heavy atom. The van der Waals surface area contributed by atoms with Crippen molar-refractivity contribution >= 4 is 32.6 Å². The molecule has 4 heteroatoms. The summed E-state index contributed by atoms with van der Waals surface area (Å²) in [6.07, 6.45) is 1.03. The van der Waals surface area contributed by atoms with Crippen LogP contribution in [0.1, 0.15) is 45.2 Å². The lowest BCUT2D eigenvalue weighted by Crippen LogP contribution is -2.33. The lowest BCUT2D eigenvalue weighted by atomic mass is 10.0. The maximum atomic E-state index is 4.96. The molecule has 0 fully saturated rings. The van der Waals surface area contributed by atoms with Crippen LogP contribution in [-0.4, -0.2) is 9.55 Å². The minimum absolute atomic E-state index is 0.0315. The van der Waals surface area contributed by atoms with Crippen LogP contribution in [0.3, 0.4) is 0 Å². The van der Waals surface area contributed by atoms with Crippen molar-refractivity contribution in [3.05, 3.63) is 47.0 Å². The highest BCUT2D eigenvalue weighted by Gasteiger charge is 2.34. The smallest absolute Gasteiger partial charge is 0.241 e. The molecule has 0 aliphatic rings. The topological polar surface area (TPSA) is 21.7 Å². The second-order valence-corrected chi connectivity index (χ2v) is 10.3. The highest BCUT2D eigenvalue weighted by Crippen LogP contribution is 2.38. The summed E-state index contributed by atoms with van der Waals surface area (Å²) in [5.74, 6) is 1.87. The average molecular weight is 393 g/mol. The number of hydrogen-bond acceptors (Lipinski definition) is 2. The van der Waals surface area contributed by atoms with E-state index >= 15 is 0 Å². The van der Waals surface area contributed by atoms with Crippen LogP contribution in [-0.2, 0) is 19.0 Å². The van der Waals surface area contributed by atoms with Crippen molar-refractivity contribution in [2.75, 3.05) is 0 Å². The molecule has 3 nitrogen and oxygen atoms in total. The number of aryl methyl sites for hydroxylation is 2. The molecule has 0 saturated heterocycles. The van der Waals surface area contributed by atoms with E-state index in [0.29, 0.717) is 5.92 Å². The van der Waals surface area contributed by atoms with Crippen molar-refractivity contribution in [2.45, 2.75) is 53.5 Å². The molecule has 4 rings (SSSR count). The number of aromatic nitrogens is 3. The molecule has 0 radical (unpaired) electrons. The van der Waals surface area contributed by atoms with Gasteiger partial charge in [-0.05, 0) is 57.4 Å². The van der Waals surface area contributed by atoms with Crippen molar-refractivity contribution in [1.82, 2.24) is 9.55 Å². The van der Waals surface area contributed by atoms with E-state index in [1.165, 1.54) is 37.7 Å². The van der Waals surface area contributed by atoms with Gasteiger partial charge in [0.15, 0.2) is 11.0 Å². The highest BCUT2D eigenvalue weighted by atomic mass is 32.1. The fraction of sp³-hybridized carbons (Fsp3) is 0.417. The third kappa shape index (κ3) is 3.04. The fourth-order valence-electron chi connectivity index (χ4n) is 4.12. The van der Waals surface area contributed by atoms with Crippen molar-refractivity contribution < 1.29 is 4.57 Å². The van der Waals surface area contributed by atoms with Crippen LogP contribution in [0, 0.1) is 12.8 Å².